The molecule has 0 atom stereocenters. The molecule has 8 aromatic rings. The van der Waals surface area contributed by atoms with Gasteiger partial charge in [0.15, 0.2) is 11.5 Å². The third-order valence-electron chi connectivity index (χ3n) is 11.3. The summed E-state index contributed by atoms with van der Waals surface area (Å²) in [5.41, 5.74) is -2.31. The van der Waals surface area contributed by atoms with E-state index in [0.717, 1.165) is 60.7 Å². The Morgan fingerprint density at radius 1 is 0.535 bits per heavy atom. The van der Waals surface area contributed by atoms with Crippen LogP contribution in [0.15, 0.2) is 161 Å². The molecule has 0 aliphatic rings. The lowest BCUT2D eigenvalue weighted by Crippen LogP contribution is -2.03. The van der Waals surface area contributed by atoms with Crippen molar-refractivity contribution in [1.29, 1.82) is 0 Å². The maximum Gasteiger partial charge on any atom is 0.299 e. The number of ether oxygens (including phenoxy) is 1. The van der Waals surface area contributed by atoms with Crippen LogP contribution in [-0.4, -0.2) is 114 Å². The Balaban J connectivity index is 1.19. The third-order valence-corrected chi connectivity index (χ3v) is 16.9. The number of azo groups is 4. The molecule has 11 N–H and O–H groups in total. The summed E-state index contributed by atoms with van der Waals surface area (Å²) in [6.45, 7) is -0.182. The molecule has 86 heavy (non-hydrogen) atoms. The minimum absolute atomic E-state index is 0.134. The second kappa shape index (κ2) is 22.5. The van der Waals surface area contributed by atoms with E-state index in [1.54, 1.807) is 0 Å². The average Bonchev–Trinajstić information content (AvgIpc) is 0.943. The quantitative estimate of drug-likeness (QED) is 0.00967. The topological polar surface area (TPSA) is 599 Å². The number of aromatic nitrogens is 2. The van der Waals surface area contributed by atoms with Gasteiger partial charge < -0.3 is 25.8 Å². The van der Waals surface area contributed by atoms with Crippen LogP contribution in [0.5, 0.6) is 23.3 Å². The second-order valence-corrected chi connectivity index (χ2v) is 25.4. The van der Waals surface area contributed by atoms with Crippen LogP contribution in [0.25, 0.3) is 27.2 Å². The van der Waals surface area contributed by atoms with Crippen LogP contribution in [0.3, 0.4) is 0 Å². The number of benzene rings is 7. The van der Waals surface area contributed by atoms with Gasteiger partial charge in [0.1, 0.15) is 58.6 Å². The number of non-ortho nitro benzene ring substituents is 1. The zero-order valence-electron chi connectivity index (χ0n) is 41.1. The summed E-state index contributed by atoms with van der Waals surface area (Å²) >= 11 is 6.31. The monoisotopic (exact) mass is 1330 g/mol. The number of aromatic hydroxyl groups is 3. The number of anilines is 1. The van der Waals surface area contributed by atoms with Crippen molar-refractivity contribution in [3.05, 3.63) is 106 Å². The number of nitro groups is 1. The van der Waals surface area contributed by atoms with Gasteiger partial charge in [0.05, 0.1) is 31.6 Å². The lowest BCUT2D eigenvalue weighted by atomic mass is 10.1. The molecule has 1 heterocycles. The molecule has 0 radical (unpaired) electrons. The van der Waals surface area contributed by atoms with Gasteiger partial charge in [-0.3, -0.25) is 42.2 Å². The summed E-state index contributed by atoms with van der Waals surface area (Å²) in [6.07, 6.45) is 0. The van der Waals surface area contributed by atoms with E-state index in [1.807, 2.05) is 0 Å². The van der Waals surface area contributed by atoms with E-state index in [0.29, 0.717) is 35.0 Å². The molecule has 0 unspecified atom stereocenters. The van der Waals surface area contributed by atoms with Crippen molar-refractivity contribution < 1.29 is 108 Å². The number of phenolic OH excluding ortho intramolecular Hbond substituents is 2. The van der Waals surface area contributed by atoms with Gasteiger partial charge in [-0.2, -0.15) is 60.3 Å². The lowest BCUT2D eigenvalue weighted by Gasteiger charge is -2.13. The van der Waals surface area contributed by atoms with Crippen molar-refractivity contribution >= 4 is 157 Å². The number of hydrogen-bond donors (Lipinski definition) is 10. The van der Waals surface area contributed by atoms with Crippen LogP contribution in [0.4, 0.5) is 56.9 Å². The predicted octanol–water partition coefficient (Wildman–Crippen LogP) is 8.12. The second-order valence-electron chi connectivity index (χ2n) is 16.7. The Labute approximate surface area is 483 Å². The van der Waals surface area contributed by atoms with E-state index in [9.17, 15) is 108 Å². The van der Waals surface area contributed by atoms with Crippen LogP contribution in [0, 0.1) is 10.1 Å². The highest BCUT2D eigenvalue weighted by molar-refractivity contribution is 7.87. The van der Waals surface area contributed by atoms with Gasteiger partial charge in [0.2, 0.25) is 11.6 Å². The Morgan fingerprint density at radius 2 is 1.06 bits per heavy atom. The Morgan fingerprint density at radius 3 is 1.64 bits per heavy atom. The zero-order chi connectivity index (χ0) is 63.6. The number of halogens is 1. The number of hydrogen-bond acceptors (Lipinski definition) is 29. The zero-order valence-corrected chi connectivity index (χ0v) is 46.8. The molecule has 44 heteroatoms. The minimum Gasteiger partial charge on any atom is -0.505 e. The third kappa shape index (κ3) is 12.6. The first-order valence-electron chi connectivity index (χ1n) is 21.9. The van der Waals surface area contributed by atoms with Crippen LogP contribution in [-0.2, 0) is 65.5 Å². The van der Waals surface area contributed by atoms with Gasteiger partial charge in [-0.05, 0) is 72.8 Å². The van der Waals surface area contributed by atoms with E-state index < -0.39 is 202 Å². The molecule has 0 saturated heterocycles. The molecule has 0 amide bonds. The SMILES string of the molecule is Nc1cc(N=Nc2ccc3c(O)c(N=Nc4cc(Cl)c(N=Nc5c(OC=O)nn(-c6ccc(S(=O)(=O)O)cc6)c5O)c(S(=O)(=O)O)c4)c(S(=O)(=O)O)cc3c2S(=O)(=O)O)c(S(=O)(=O)O)c2ccc(N=Nc3ccc([N+](=O)[O-])cc3S(=O)(=O)O)c(O)c12. The van der Waals surface area contributed by atoms with E-state index in [2.05, 4.69) is 46.0 Å². The summed E-state index contributed by atoms with van der Waals surface area (Å²) in [4.78, 5) is 14.4. The lowest BCUT2D eigenvalue weighted by molar-refractivity contribution is -0.385. The van der Waals surface area contributed by atoms with E-state index >= 15 is 0 Å². The largest absolute Gasteiger partial charge is 0.505 e. The predicted molar refractivity (Wildman–Crippen MR) is 288 cm³/mol. The van der Waals surface area contributed by atoms with E-state index in [1.165, 1.54) is 0 Å². The summed E-state index contributed by atoms with van der Waals surface area (Å²) in [7, 11) is -32.3. The van der Waals surface area contributed by atoms with Crippen molar-refractivity contribution in [3.63, 3.8) is 0 Å². The molecule has 0 bridgehead atoms. The highest BCUT2D eigenvalue weighted by Gasteiger charge is 2.31. The number of nitrogen functional groups attached to an aromatic ring is 1. The Hall–Kier alpha value is -9.51. The molecular formula is C42H27ClN12O25S6. The number of nitro benzene ring substituents is 1. The number of phenols is 2. The number of fused-ring (bicyclic) bond motifs is 2. The Kier molecular flexibility index (Phi) is 16.3. The fourth-order valence-electron chi connectivity index (χ4n) is 7.71. The van der Waals surface area contributed by atoms with Crippen molar-refractivity contribution in [2.24, 2.45) is 40.9 Å². The fourth-order valence-corrected chi connectivity index (χ4v) is 12.1. The van der Waals surface area contributed by atoms with Crippen LogP contribution in [0.2, 0.25) is 5.02 Å². The van der Waals surface area contributed by atoms with Gasteiger partial charge in [0, 0.05) is 34.0 Å². The first kappa shape index (κ1) is 62.5. The molecule has 37 nitrogen and oxygen atoms in total. The number of carbonyl (C=O) groups excluding carboxylic acids is 1. The van der Waals surface area contributed by atoms with Gasteiger partial charge in [0.25, 0.3) is 78.7 Å². The maximum atomic E-state index is 13.1. The van der Waals surface area contributed by atoms with Gasteiger partial charge in [-0.15, -0.1) is 40.9 Å². The van der Waals surface area contributed by atoms with Gasteiger partial charge in [-0.25, -0.2) is 0 Å². The fraction of sp³-hybridized carbons (Fsp3) is 0. The smallest absolute Gasteiger partial charge is 0.299 e. The molecule has 0 spiro atoms. The first-order chi connectivity index (χ1) is 39.8. The van der Waals surface area contributed by atoms with Gasteiger partial charge in [-0.1, -0.05) is 17.7 Å². The molecule has 448 valence electrons. The number of nitrogens with zero attached hydrogens (tertiary/aromatic N) is 11. The van der Waals surface area contributed by atoms with Crippen molar-refractivity contribution in [2.75, 3.05) is 5.73 Å². The number of rotatable bonds is 18. The van der Waals surface area contributed by atoms with E-state index in [-0.39, 0.29) is 12.2 Å². The van der Waals surface area contributed by atoms with Crippen LogP contribution in [0.1, 0.15) is 0 Å². The maximum absolute atomic E-state index is 13.1. The minimum atomic E-state index is -5.72. The van der Waals surface area contributed by atoms with Crippen LogP contribution < -0.4 is 10.5 Å². The normalized spacial score (nSPS) is 13.1. The van der Waals surface area contributed by atoms with Crippen LogP contribution >= 0.6 is 11.6 Å². The highest BCUT2D eigenvalue weighted by Crippen LogP contribution is 2.49. The molecule has 0 aliphatic carbocycles. The summed E-state index contributed by atoms with van der Waals surface area (Å²) in [5.74, 6) is -4.16. The highest BCUT2D eigenvalue weighted by atomic mass is 35.5. The first-order valence-corrected chi connectivity index (χ1v) is 30.9. The molecule has 0 saturated carbocycles. The average molecular weight is 1330 g/mol. The molecule has 7 aromatic carbocycles. The molecule has 1 aromatic heterocycles. The number of carbonyl (C=O) groups is 1. The summed E-state index contributed by atoms with van der Waals surface area (Å²) in [5, 5.41) is 73.7. The summed E-state index contributed by atoms with van der Waals surface area (Å²) in [6, 6.07) is 11.2. The molecule has 0 fully saturated rings. The van der Waals surface area contributed by atoms with Crippen molar-refractivity contribution in [1.82, 2.24) is 9.78 Å². The molecule has 0 aliphatic heterocycles. The molecule has 8 rings (SSSR count). The van der Waals surface area contributed by atoms with Crippen molar-refractivity contribution in [3.8, 4) is 28.9 Å². The number of nitrogens with two attached hydrogens (primary N) is 1. The standard InChI is InChI=1S/C42H27ClN12O25S6/c43-24-11-17(12-31(83(68,69)70)34(24)50-52-36-41(80-16-56)53-54(42(36)59)18-1-4-20(5-2-18)81(62,63)64)45-51-35-32(84(71,72)73)14-23-21(37(35)57)6-10-28(40(23)86(77,78)79)48-49-29-15-25(44)33-22(39(29)85(74,75)76)7-9-27(38(33)58)47-46-26-8-3-19(55(60)61)13-30(26)82(65,66)67/h1-16,57-59H,44H2,(H,62,63,64)(H,65,66,67)(H,68,69,70)(H,71,72,73)(H,74,75,76)(H,77,78,79). The Bertz CT molecular complexity index is 5140. The van der Waals surface area contributed by atoms with Crippen molar-refractivity contribution in [2.45, 2.75) is 29.4 Å². The molecular weight excluding hydrogens is 1300 g/mol. The van der Waals surface area contributed by atoms with Gasteiger partial charge >= 0.3 is 0 Å². The van der Waals surface area contributed by atoms with E-state index in [4.69, 9.17) is 22.1 Å². The summed E-state index contributed by atoms with van der Waals surface area (Å²) < 4.78 is 216.